The molecule has 5 nitrogen and oxygen atoms in total. The molecule has 0 aliphatic carbocycles. The van der Waals surface area contributed by atoms with Crippen LogP contribution in [0.4, 0.5) is 0 Å². The highest BCUT2D eigenvalue weighted by molar-refractivity contribution is 7.99. The summed E-state index contributed by atoms with van der Waals surface area (Å²) < 4.78 is 0. The van der Waals surface area contributed by atoms with E-state index < -0.39 is 0 Å². The van der Waals surface area contributed by atoms with Crippen molar-refractivity contribution >= 4 is 22.7 Å². The highest BCUT2D eigenvalue weighted by Crippen LogP contribution is 2.28. The second-order valence-electron chi connectivity index (χ2n) is 4.52. The molecule has 0 fully saturated rings. The van der Waals surface area contributed by atoms with Crippen LogP contribution < -0.4 is 10.9 Å². The Balaban J connectivity index is 2.06. The first kappa shape index (κ1) is 13.8. The number of aromatic amines is 1. The molecule has 0 bridgehead atoms. The van der Waals surface area contributed by atoms with Gasteiger partial charge >= 0.3 is 0 Å². The zero-order valence-electron chi connectivity index (χ0n) is 11.5. The van der Waals surface area contributed by atoms with Crippen molar-refractivity contribution in [3.8, 4) is 0 Å². The van der Waals surface area contributed by atoms with Crippen molar-refractivity contribution in [2.45, 2.75) is 16.7 Å². The van der Waals surface area contributed by atoms with Gasteiger partial charge in [-0.25, -0.2) is 9.97 Å². The van der Waals surface area contributed by atoms with Crippen molar-refractivity contribution in [3.05, 3.63) is 58.5 Å². The Bertz CT molecular complexity index is 831. The van der Waals surface area contributed by atoms with E-state index in [0.29, 0.717) is 11.7 Å². The lowest BCUT2D eigenvalue weighted by Crippen LogP contribution is -2.08. The van der Waals surface area contributed by atoms with E-state index in [1.165, 1.54) is 24.0 Å². The summed E-state index contributed by atoms with van der Waals surface area (Å²) in [6, 6.07) is 11.5. The van der Waals surface area contributed by atoms with Gasteiger partial charge in [0.2, 0.25) is 0 Å². The standard InChI is InChI=1S/C15H14N4OS/c1-16-9-11-8-10-4-2-3-5-12(10)18-14(11)21-15-17-7-6-13(20)19-15/h2-8,16H,9H2,1H3,(H,17,19,20). The number of nitrogens with one attached hydrogen (secondary N) is 2. The molecule has 0 saturated heterocycles. The smallest absolute Gasteiger partial charge is 0.251 e. The summed E-state index contributed by atoms with van der Waals surface area (Å²) in [4.78, 5) is 22.9. The van der Waals surface area contributed by atoms with Gasteiger partial charge in [0.25, 0.3) is 5.56 Å². The van der Waals surface area contributed by atoms with Crippen molar-refractivity contribution in [1.82, 2.24) is 20.3 Å². The van der Waals surface area contributed by atoms with Gasteiger partial charge in [-0.1, -0.05) is 18.2 Å². The topological polar surface area (TPSA) is 70.7 Å². The number of para-hydroxylation sites is 1. The SMILES string of the molecule is CNCc1cc2ccccc2nc1Sc1nccc(=O)[nH]1. The molecule has 106 valence electrons. The molecule has 1 aromatic carbocycles. The largest absolute Gasteiger partial charge is 0.316 e. The summed E-state index contributed by atoms with van der Waals surface area (Å²) in [6.45, 7) is 0.706. The summed E-state index contributed by atoms with van der Waals surface area (Å²) >= 11 is 1.37. The van der Waals surface area contributed by atoms with Gasteiger partial charge in [0.05, 0.1) is 5.52 Å². The lowest BCUT2D eigenvalue weighted by molar-refractivity contribution is 0.792. The Labute approximate surface area is 125 Å². The number of nitrogens with zero attached hydrogens (tertiary/aromatic N) is 2. The van der Waals surface area contributed by atoms with Crippen LogP contribution in [0.5, 0.6) is 0 Å². The van der Waals surface area contributed by atoms with Crippen molar-refractivity contribution in [2.75, 3.05) is 7.05 Å². The summed E-state index contributed by atoms with van der Waals surface area (Å²) in [5, 5.41) is 5.63. The highest BCUT2D eigenvalue weighted by atomic mass is 32.2. The Morgan fingerprint density at radius 1 is 1.29 bits per heavy atom. The van der Waals surface area contributed by atoms with Gasteiger partial charge in [-0.2, -0.15) is 0 Å². The van der Waals surface area contributed by atoms with E-state index in [1.54, 1.807) is 0 Å². The first-order valence-corrected chi connectivity index (χ1v) is 7.34. The first-order chi connectivity index (χ1) is 10.3. The first-order valence-electron chi connectivity index (χ1n) is 6.53. The van der Waals surface area contributed by atoms with Crippen molar-refractivity contribution in [3.63, 3.8) is 0 Å². The molecule has 0 unspecified atom stereocenters. The minimum atomic E-state index is -0.163. The van der Waals surface area contributed by atoms with Crippen LogP contribution in [0.15, 0.2) is 57.6 Å². The molecule has 2 N–H and O–H groups in total. The quantitative estimate of drug-likeness (QED) is 0.723. The molecular formula is C15H14N4OS. The van der Waals surface area contributed by atoms with Crippen LogP contribution in [0, 0.1) is 0 Å². The molecule has 0 aliphatic rings. The second-order valence-corrected chi connectivity index (χ2v) is 5.49. The molecule has 0 spiro atoms. The van der Waals surface area contributed by atoms with E-state index in [2.05, 4.69) is 26.3 Å². The Morgan fingerprint density at radius 2 is 2.14 bits per heavy atom. The molecule has 0 atom stereocenters. The molecule has 0 aliphatic heterocycles. The van der Waals surface area contributed by atoms with E-state index in [-0.39, 0.29) is 5.56 Å². The Kier molecular flexibility index (Phi) is 3.98. The molecule has 2 heterocycles. The molecule has 21 heavy (non-hydrogen) atoms. The van der Waals surface area contributed by atoms with Gasteiger partial charge in [0, 0.05) is 24.2 Å². The van der Waals surface area contributed by atoms with Crippen molar-refractivity contribution in [2.24, 2.45) is 0 Å². The minimum absolute atomic E-state index is 0.163. The number of rotatable bonds is 4. The third-order valence-corrected chi connectivity index (χ3v) is 3.92. The predicted octanol–water partition coefficient (Wildman–Crippen LogP) is 2.19. The second kappa shape index (κ2) is 6.07. The fraction of sp³-hybridized carbons (Fsp3) is 0.133. The number of benzene rings is 1. The van der Waals surface area contributed by atoms with Crippen molar-refractivity contribution < 1.29 is 0 Å². The van der Waals surface area contributed by atoms with Crippen LogP contribution in [-0.2, 0) is 6.54 Å². The van der Waals surface area contributed by atoms with E-state index in [1.807, 2.05) is 31.3 Å². The third kappa shape index (κ3) is 3.12. The lowest BCUT2D eigenvalue weighted by atomic mass is 10.1. The van der Waals surface area contributed by atoms with Gasteiger partial charge in [0.15, 0.2) is 5.16 Å². The van der Waals surface area contributed by atoms with Crippen LogP contribution in [0.1, 0.15) is 5.56 Å². The van der Waals surface area contributed by atoms with Crippen LogP contribution in [-0.4, -0.2) is 22.0 Å². The molecular weight excluding hydrogens is 284 g/mol. The van der Waals surface area contributed by atoms with Crippen molar-refractivity contribution in [1.29, 1.82) is 0 Å². The summed E-state index contributed by atoms with van der Waals surface area (Å²) in [5.74, 6) is 0. The van der Waals surface area contributed by atoms with Gasteiger partial charge in [-0.15, -0.1) is 0 Å². The number of pyridine rings is 1. The Hall–Kier alpha value is -2.18. The maximum atomic E-state index is 11.4. The number of hydrogen-bond donors (Lipinski definition) is 2. The molecule has 0 radical (unpaired) electrons. The Morgan fingerprint density at radius 3 is 2.95 bits per heavy atom. The number of fused-ring (bicyclic) bond motifs is 1. The summed E-state index contributed by atoms with van der Waals surface area (Å²) in [7, 11) is 1.90. The maximum Gasteiger partial charge on any atom is 0.251 e. The highest BCUT2D eigenvalue weighted by Gasteiger charge is 2.09. The maximum absolute atomic E-state index is 11.4. The van der Waals surface area contributed by atoms with Crippen LogP contribution in [0.3, 0.4) is 0 Å². The van der Waals surface area contributed by atoms with E-state index in [0.717, 1.165) is 21.5 Å². The summed E-state index contributed by atoms with van der Waals surface area (Å²) in [5.41, 5.74) is 1.84. The van der Waals surface area contributed by atoms with E-state index >= 15 is 0 Å². The summed E-state index contributed by atoms with van der Waals surface area (Å²) in [6.07, 6.45) is 1.50. The van der Waals surface area contributed by atoms with Gasteiger partial charge in [-0.3, -0.25) is 4.79 Å². The van der Waals surface area contributed by atoms with Gasteiger partial charge < -0.3 is 10.3 Å². The van der Waals surface area contributed by atoms with E-state index in [9.17, 15) is 4.79 Å². The average molecular weight is 298 g/mol. The zero-order chi connectivity index (χ0) is 14.7. The number of hydrogen-bond acceptors (Lipinski definition) is 5. The molecule has 0 saturated carbocycles. The predicted molar refractivity (Wildman–Crippen MR) is 83.5 cm³/mol. The minimum Gasteiger partial charge on any atom is -0.316 e. The number of H-pyrrole nitrogens is 1. The monoisotopic (exact) mass is 298 g/mol. The van der Waals surface area contributed by atoms with Crippen LogP contribution >= 0.6 is 11.8 Å². The third-order valence-electron chi connectivity index (χ3n) is 2.97. The normalized spacial score (nSPS) is 10.9. The van der Waals surface area contributed by atoms with Crippen LogP contribution in [0.25, 0.3) is 10.9 Å². The molecule has 2 aromatic heterocycles. The zero-order valence-corrected chi connectivity index (χ0v) is 12.3. The molecule has 0 amide bonds. The van der Waals surface area contributed by atoms with Gasteiger partial charge in [0.1, 0.15) is 5.03 Å². The molecule has 3 aromatic rings. The fourth-order valence-corrected chi connectivity index (χ4v) is 2.90. The van der Waals surface area contributed by atoms with Gasteiger partial charge in [-0.05, 0) is 36.5 Å². The fourth-order valence-electron chi connectivity index (χ4n) is 2.04. The van der Waals surface area contributed by atoms with Crippen LogP contribution in [0.2, 0.25) is 0 Å². The number of aromatic nitrogens is 3. The average Bonchev–Trinajstić information content (AvgIpc) is 2.48. The molecule has 6 heteroatoms. The lowest BCUT2D eigenvalue weighted by Gasteiger charge is -2.09. The van der Waals surface area contributed by atoms with E-state index in [4.69, 9.17) is 0 Å². The molecule has 3 rings (SSSR count).